The van der Waals surface area contributed by atoms with E-state index >= 15 is 0 Å². The molecule has 3 unspecified atom stereocenters. The van der Waals surface area contributed by atoms with Crippen LogP contribution in [0.1, 0.15) is 11.8 Å². The second-order valence-corrected chi connectivity index (χ2v) is 7.71. The summed E-state index contributed by atoms with van der Waals surface area (Å²) in [6.07, 6.45) is 7.39. The molecule has 1 fully saturated rings. The van der Waals surface area contributed by atoms with Crippen LogP contribution in [0.5, 0.6) is 0 Å². The van der Waals surface area contributed by atoms with Crippen molar-refractivity contribution >= 4 is 27.9 Å². The Balaban J connectivity index is 1.39. The third kappa shape index (κ3) is 3.11. The average molecular weight is 434 g/mol. The van der Waals surface area contributed by atoms with Crippen molar-refractivity contribution in [2.75, 3.05) is 18.5 Å². The van der Waals surface area contributed by atoms with E-state index in [0.29, 0.717) is 23.5 Å². The monoisotopic (exact) mass is 434 g/mol. The number of nitrogens with one attached hydrogen (secondary N) is 2. The molecule has 1 aliphatic heterocycles. The van der Waals surface area contributed by atoms with Crippen LogP contribution in [0.15, 0.2) is 43.1 Å². The van der Waals surface area contributed by atoms with E-state index in [9.17, 15) is 15.3 Å². The number of aliphatic hydroxyl groups is 3. The van der Waals surface area contributed by atoms with Gasteiger partial charge in [0.1, 0.15) is 18.5 Å². The Morgan fingerprint density at radius 3 is 2.94 bits per heavy atom. The van der Waals surface area contributed by atoms with Gasteiger partial charge in [-0.2, -0.15) is 0 Å². The molecule has 4 atom stereocenters. The number of fused-ring (bicyclic) bond motifs is 2. The van der Waals surface area contributed by atoms with E-state index in [2.05, 4.69) is 37.2 Å². The van der Waals surface area contributed by atoms with Crippen molar-refractivity contribution in [1.29, 1.82) is 0 Å². The third-order valence-electron chi connectivity index (χ3n) is 5.87. The minimum atomic E-state index is -2.05. The highest BCUT2D eigenvalue weighted by molar-refractivity contribution is 5.84. The number of imidazole rings is 1. The molecule has 4 heterocycles. The minimum Gasteiger partial charge on any atom is -0.394 e. The Morgan fingerprint density at radius 1 is 1.28 bits per heavy atom. The number of nitrogens with zero attached hydrogens (tertiary/aromatic N) is 4. The number of anilines is 1. The van der Waals surface area contributed by atoms with Crippen LogP contribution in [0, 0.1) is 12.3 Å². The third-order valence-corrected chi connectivity index (χ3v) is 5.87. The Kier molecular flexibility index (Phi) is 5.03. The summed E-state index contributed by atoms with van der Waals surface area (Å²) in [7, 11) is 0. The molecule has 0 bridgehead atoms. The highest BCUT2D eigenvalue weighted by atomic mass is 16.6. The molecule has 3 aromatic heterocycles. The Bertz CT molecular complexity index is 1310. The highest BCUT2D eigenvalue weighted by Gasteiger charge is 2.55. The smallest absolute Gasteiger partial charge is 0.199 e. The number of hydrogen-bond acceptors (Lipinski definition) is 8. The van der Waals surface area contributed by atoms with Gasteiger partial charge in [-0.25, -0.2) is 15.0 Å². The molecule has 0 saturated carbocycles. The molecule has 0 aliphatic carbocycles. The first-order valence-corrected chi connectivity index (χ1v) is 10.2. The van der Waals surface area contributed by atoms with E-state index in [1.807, 2.05) is 24.4 Å². The maximum atomic E-state index is 10.8. The van der Waals surface area contributed by atoms with Gasteiger partial charge in [-0.15, -0.1) is 6.42 Å². The number of hydrogen-bond donors (Lipinski definition) is 5. The zero-order valence-corrected chi connectivity index (χ0v) is 17.0. The summed E-state index contributed by atoms with van der Waals surface area (Å²) >= 11 is 0. The Morgan fingerprint density at radius 2 is 2.12 bits per heavy atom. The van der Waals surface area contributed by atoms with Crippen LogP contribution in [-0.2, 0) is 11.2 Å². The fourth-order valence-corrected chi connectivity index (χ4v) is 4.16. The average Bonchev–Trinajstić information content (AvgIpc) is 3.50. The standard InChI is InChI=1S/C22H22N6O4/c1-2-22(31)18(30)16(10-29)32-21(22)28-12-27-17-19(25-11-26-20(17)28)23-8-7-13-9-24-15-6-4-3-5-14(13)15/h1,3-6,9,11-12,16,18,21,24,29-31H,7-8,10H2,(H,23,25,26)/t16?,18?,21?,22-/m1/s1. The van der Waals surface area contributed by atoms with Crippen LogP contribution in [0.2, 0.25) is 0 Å². The maximum absolute atomic E-state index is 10.8. The van der Waals surface area contributed by atoms with Crippen molar-refractivity contribution in [1.82, 2.24) is 24.5 Å². The lowest BCUT2D eigenvalue weighted by Crippen LogP contribution is -2.45. The van der Waals surface area contributed by atoms with Gasteiger partial charge in [0.15, 0.2) is 28.8 Å². The number of terminal acetylenes is 1. The van der Waals surface area contributed by atoms with Crippen LogP contribution in [0.25, 0.3) is 22.1 Å². The van der Waals surface area contributed by atoms with Gasteiger partial charge in [0.2, 0.25) is 0 Å². The molecule has 10 nitrogen and oxygen atoms in total. The summed E-state index contributed by atoms with van der Waals surface area (Å²) in [6.45, 7) is 0.115. The minimum absolute atomic E-state index is 0.374. The molecule has 0 spiro atoms. The molecule has 1 aromatic carbocycles. The van der Waals surface area contributed by atoms with E-state index in [-0.39, 0.29) is 0 Å². The maximum Gasteiger partial charge on any atom is 0.199 e. The normalized spacial score (nSPS) is 25.4. The zero-order valence-electron chi connectivity index (χ0n) is 17.0. The quantitative estimate of drug-likeness (QED) is 0.278. The molecule has 10 heteroatoms. The molecule has 164 valence electrons. The predicted octanol–water partition coefficient (Wildman–Crippen LogP) is 0.577. The molecule has 0 radical (unpaired) electrons. The number of aliphatic hydroxyl groups excluding tert-OH is 2. The summed E-state index contributed by atoms with van der Waals surface area (Å²) < 4.78 is 7.08. The Hall–Kier alpha value is -3.49. The van der Waals surface area contributed by atoms with Crippen LogP contribution in [0.3, 0.4) is 0 Å². The van der Waals surface area contributed by atoms with E-state index in [4.69, 9.17) is 11.2 Å². The SMILES string of the molecule is C#C[C@@]1(O)C(O)C(CO)OC1n1cnc2c(NCCc3c[nH]c4ccccc34)ncnc21. The first-order chi connectivity index (χ1) is 15.6. The molecule has 1 aliphatic rings. The molecular formula is C22H22N6O4. The molecular weight excluding hydrogens is 412 g/mol. The Labute approximate surface area is 182 Å². The highest BCUT2D eigenvalue weighted by Crippen LogP contribution is 2.39. The lowest BCUT2D eigenvalue weighted by molar-refractivity contribution is -0.0721. The van der Waals surface area contributed by atoms with Crippen molar-refractivity contribution in [3.05, 3.63) is 48.7 Å². The first-order valence-electron chi connectivity index (χ1n) is 10.2. The molecule has 32 heavy (non-hydrogen) atoms. The van der Waals surface area contributed by atoms with Gasteiger partial charge < -0.3 is 30.4 Å². The van der Waals surface area contributed by atoms with E-state index in [1.165, 1.54) is 28.2 Å². The fourth-order valence-electron chi connectivity index (χ4n) is 4.16. The van der Waals surface area contributed by atoms with E-state index in [0.717, 1.165) is 11.9 Å². The lowest BCUT2D eigenvalue weighted by atomic mass is 9.95. The first kappa shape index (κ1) is 20.4. The van der Waals surface area contributed by atoms with Gasteiger partial charge in [-0.05, 0) is 18.1 Å². The van der Waals surface area contributed by atoms with E-state index in [1.54, 1.807) is 0 Å². The predicted molar refractivity (Wildman–Crippen MR) is 117 cm³/mol. The molecule has 5 N–H and O–H groups in total. The van der Waals surface area contributed by atoms with Crippen molar-refractivity contribution < 1.29 is 20.1 Å². The summed E-state index contributed by atoms with van der Waals surface area (Å²) in [5, 5.41) is 35.1. The number of benzene rings is 1. The van der Waals surface area contributed by atoms with Crippen molar-refractivity contribution in [2.24, 2.45) is 0 Å². The van der Waals surface area contributed by atoms with Gasteiger partial charge in [-0.3, -0.25) is 4.57 Å². The van der Waals surface area contributed by atoms with Crippen LogP contribution < -0.4 is 5.32 Å². The number of para-hydroxylation sites is 1. The van der Waals surface area contributed by atoms with Crippen LogP contribution in [0.4, 0.5) is 5.82 Å². The zero-order chi connectivity index (χ0) is 22.3. The molecule has 1 saturated heterocycles. The van der Waals surface area contributed by atoms with Crippen molar-refractivity contribution in [3.8, 4) is 12.3 Å². The summed E-state index contributed by atoms with van der Waals surface area (Å²) in [5.41, 5.74) is 1.07. The van der Waals surface area contributed by atoms with Gasteiger partial charge in [0.25, 0.3) is 0 Å². The van der Waals surface area contributed by atoms with Gasteiger partial charge >= 0.3 is 0 Å². The number of rotatable bonds is 6. The summed E-state index contributed by atoms with van der Waals surface area (Å²) in [4.78, 5) is 16.2. The number of ether oxygens (including phenoxy) is 1. The number of aromatic amines is 1. The van der Waals surface area contributed by atoms with Crippen molar-refractivity contribution in [2.45, 2.75) is 30.5 Å². The fraction of sp³-hybridized carbons (Fsp3) is 0.318. The van der Waals surface area contributed by atoms with Crippen molar-refractivity contribution in [3.63, 3.8) is 0 Å². The molecule has 5 rings (SSSR count). The summed E-state index contributed by atoms with van der Waals surface area (Å²) in [5.74, 6) is 2.72. The number of H-pyrrole nitrogens is 1. The summed E-state index contributed by atoms with van der Waals surface area (Å²) in [6, 6.07) is 8.11. The van der Waals surface area contributed by atoms with Gasteiger partial charge in [0.05, 0.1) is 12.9 Å². The largest absolute Gasteiger partial charge is 0.394 e. The lowest BCUT2D eigenvalue weighted by Gasteiger charge is -2.26. The second kappa shape index (κ2) is 7.89. The molecule has 4 aromatic rings. The topological polar surface area (TPSA) is 141 Å². The van der Waals surface area contributed by atoms with Crippen LogP contribution in [-0.4, -0.2) is 70.8 Å². The van der Waals surface area contributed by atoms with Gasteiger partial charge in [-0.1, -0.05) is 24.1 Å². The second-order valence-electron chi connectivity index (χ2n) is 7.71. The van der Waals surface area contributed by atoms with E-state index < -0.39 is 30.6 Å². The number of aromatic nitrogens is 5. The van der Waals surface area contributed by atoms with Crippen LogP contribution >= 0.6 is 0 Å². The molecule has 0 amide bonds. The van der Waals surface area contributed by atoms with Gasteiger partial charge in [0, 0.05) is 23.6 Å².